The molecule has 15 amide bonds. The molecule has 109 heavy (non-hydrogen) atoms. The van der Waals surface area contributed by atoms with Gasteiger partial charge in [-0.05, 0) is 79.4 Å². The van der Waals surface area contributed by atoms with Crippen LogP contribution in [0.25, 0.3) is 10.9 Å². The van der Waals surface area contributed by atoms with Crippen molar-refractivity contribution in [1.29, 1.82) is 0 Å². The molecule has 0 saturated heterocycles. The van der Waals surface area contributed by atoms with Gasteiger partial charge in [-0.1, -0.05) is 104 Å². The highest BCUT2D eigenvalue weighted by Crippen LogP contribution is 2.20. The van der Waals surface area contributed by atoms with Crippen molar-refractivity contribution in [1.82, 2.24) is 84.7 Å². The second-order valence-corrected chi connectivity index (χ2v) is 27.5. The van der Waals surface area contributed by atoms with E-state index in [1.54, 1.807) is 116 Å². The SMILES string of the molecule is CC(C)C[C@H](NC(=O)CNC(=O)[C@H](CCCN=C(N)N)NC(=O)CNC(=O)[C@H](CC(C)C)NC(=O)CNC(=O)[C@H](CO)NC(=O)[C@H](Cc1c[nH]c2ccccc12)NC(=O)CNC(=O)[C@H](Cc1ccccc1)NC(=O)CNC(=O)CNC(=O)[C@H](CC(C)C)NC(=O)CNC(=O)[C@H](CC(C)C)NC(=O)[C@@H](N)CO)C(=O)O. The number of aromatic amines is 1. The summed E-state index contributed by atoms with van der Waals surface area (Å²) in [5.41, 5.74) is 18.1. The highest BCUT2D eigenvalue weighted by atomic mass is 16.4. The van der Waals surface area contributed by atoms with E-state index in [-0.39, 0.29) is 87.5 Å². The van der Waals surface area contributed by atoms with Crippen molar-refractivity contribution in [2.45, 2.75) is 161 Å². The third-order valence-electron chi connectivity index (χ3n) is 16.0. The highest BCUT2D eigenvalue weighted by Gasteiger charge is 2.33. The molecule has 0 aliphatic rings. The number of guanidine groups is 1. The fraction of sp³-hybridized carbons (Fsp3) is 0.557. The number of nitrogens with one attached hydrogen (secondary N) is 16. The number of nitrogens with zero attached hydrogens (tertiary/aromatic N) is 1. The molecule has 0 saturated carbocycles. The Labute approximate surface area is 630 Å². The van der Waals surface area contributed by atoms with Gasteiger partial charge in [-0.25, -0.2) is 4.79 Å². The first-order valence-corrected chi connectivity index (χ1v) is 35.6. The van der Waals surface area contributed by atoms with Crippen LogP contribution in [0.2, 0.25) is 0 Å². The topological polar surface area (TPSA) is 620 Å². The Morgan fingerprint density at radius 3 is 1.19 bits per heavy atom. The van der Waals surface area contributed by atoms with Gasteiger partial charge in [0, 0.05) is 36.5 Å². The van der Waals surface area contributed by atoms with Gasteiger partial charge >= 0.3 is 5.97 Å². The van der Waals surface area contributed by atoms with Gasteiger partial charge in [-0.2, -0.15) is 0 Å². The van der Waals surface area contributed by atoms with Gasteiger partial charge in [0.2, 0.25) is 88.6 Å². The van der Waals surface area contributed by atoms with Crippen LogP contribution in [-0.4, -0.2) is 241 Å². The van der Waals surface area contributed by atoms with E-state index in [1.807, 2.05) is 0 Å². The first-order valence-electron chi connectivity index (χ1n) is 35.6. The van der Waals surface area contributed by atoms with Crippen LogP contribution in [0.3, 0.4) is 0 Å². The summed E-state index contributed by atoms with van der Waals surface area (Å²) in [5, 5.41) is 66.2. The second kappa shape index (κ2) is 48.1. The number of carboxylic acids is 1. The number of hydrogen-bond acceptors (Lipinski definition) is 20. The maximum Gasteiger partial charge on any atom is 0.326 e. The zero-order chi connectivity index (χ0) is 81.4. The number of carboxylic acid groups (broad SMARTS) is 1. The molecule has 3 rings (SSSR count). The Morgan fingerprint density at radius 2 is 0.752 bits per heavy atom. The molecule has 0 unspecified atom stereocenters. The third kappa shape index (κ3) is 36.2. The summed E-state index contributed by atoms with van der Waals surface area (Å²) in [6, 6.07) is 3.36. The summed E-state index contributed by atoms with van der Waals surface area (Å²) >= 11 is 0. The fourth-order valence-electron chi connectivity index (χ4n) is 10.6. The maximum atomic E-state index is 14.2. The van der Waals surface area contributed by atoms with E-state index in [4.69, 9.17) is 17.2 Å². The number of aliphatic hydroxyl groups excluding tert-OH is 2. The number of fused-ring (bicyclic) bond motifs is 1. The van der Waals surface area contributed by atoms with Gasteiger partial charge < -0.3 is 117 Å². The average Bonchev–Trinajstić information content (AvgIpc) is 1.69. The average molecular weight is 1530 g/mol. The van der Waals surface area contributed by atoms with Gasteiger partial charge in [0.25, 0.3) is 0 Å². The molecule has 2 aromatic carbocycles. The molecule has 25 N–H and O–H groups in total. The van der Waals surface area contributed by atoms with Crippen LogP contribution in [0.4, 0.5) is 0 Å². The van der Waals surface area contributed by atoms with E-state index in [0.717, 1.165) is 0 Å². The van der Waals surface area contributed by atoms with Gasteiger partial charge in [0.1, 0.15) is 54.4 Å². The zero-order valence-electron chi connectivity index (χ0n) is 62.6. The van der Waals surface area contributed by atoms with Crippen molar-refractivity contribution in [3.8, 4) is 0 Å². The van der Waals surface area contributed by atoms with E-state index >= 15 is 0 Å². The largest absolute Gasteiger partial charge is 0.480 e. The lowest BCUT2D eigenvalue weighted by molar-refractivity contribution is -0.142. The number of H-pyrrole nitrogens is 1. The van der Waals surface area contributed by atoms with E-state index in [0.29, 0.717) is 22.0 Å². The van der Waals surface area contributed by atoms with Crippen molar-refractivity contribution in [2.75, 3.05) is 65.6 Å². The van der Waals surface area contributed by atoms with Gasteiger partial charge in [0.15, 0.2) is 5.96 Å². The summed E-state index contributed by atoms with van der Waals surface area (Å²) < 4.78 is 0. The number of aliphatic hydroxyl groups is 2. The van der Waals surface area contributed by atoms with Gasteiger partial charge in [0.05, 0.1) is 59.0 Å². The molecule has 9 atom stereocenters. The normalized spacial score (nSPS) is 13.5. The number of amides is 15. The molecule has 1 heterocycles. The Hall–Kier alpha value is -11.3. The lowest BCUT2D eigenvalue weighted by Crippen LogP contribution is -2.58. The summed E-state index contributed by atoms with van der Waals surface area (Å²) in [6.45, 7) is 7.58. The number of aliphatic carboxylic acids is 1. The van der Waals surface area contributed by atoms with E-state index < -0.39 is 208 Å². The number of nitrogens with two attached hydrogens (primary N) is 3. The summed E-state index contributed by atoms with van der Waals surface area (Å²) in [4.78, 5) is 218. The van der Waals surface area contributed by atoms with Crippen LogP contribution in [0.5, 0.6) is 0 Å². The molecule has 0 aliphatic carbocycles. The van der Waals surface area contributed by atoms with Gasteiger partial charge in [-0.3, -0.25) is 76.9 Å². The molecule has 3 aromatic rings. The Kier molecular flexibility index (Phi) is 40.5. The number of aromatic nitrogens is 1. The van der Waals surface area contributed by atoms with Crippen LogP contribution in [0, 0.1) is 23.7 Å². The van der Waals surface area contributed by atoms with Crippen molar-refractivity contribution in [3.05, 3.63) is 71.9 Å². The Balaban J connectivity index is 1.66. The molecule has 0 aliphatic heterocycles. The van der Waals surface area contributed by atoms with Crippen molar-refractivity contribution >= 4 is 111 Å². The Morgan fingerprint density at radius 1 is 0.394 bits per heavy atom. The quantitative estimate of drug-likeness (QED) is 0.0142. The lowest BCUT2D eigenvalue weighted by Gasteiger charge is -2.23. The minimum atomic E-state index is -1.75. The van der Waals surface area contributed by atoms with Crippen molar-refractivity contribution < 1.29 is 92.0 Å². The van der Waals surface area contributed by atoms with Crippen molar-refractivity contribution in [3.63, 3.8) is 0 Å². The predicted molar refractivity (Wildman–Crippen MR) is 396 cm³/mol. The molecular weight excluding hydrogens is 1420 g/mol. The Bertz CT molecular complexity index is 3620. The van der Waals surface area contributed by atoms with Crippen LogP contribution in [-0.2, 0) is 89.6 Å². The molecule has 0 radical (unpaired) electrons. The third-order valence-corrected chi connectivity index (χ3v) is 16.0. The van der Waals surface area contributed by atoms with Crippen LogP contribution in [0.1, 0.15) is 105 Å². The highest BCUT2D eigenvalue weighted by molar-refractivity contribution is 5.99. The zero-order valence-corrected chi connectivity index (χ0v) is 62.6. The van der Waals surface area contributed by atoms with E-state index in [9.17, 15) is 92.0 Å². The minimum absolute atomic E-state index is 0.0180. The summed E-state index contributed by atoms with van der Waals surface area (Å²) in [5.74, 6) is -15.0. The predicted octanol–water partition coefficient (Wildman–Crippen LogP) is -6.72. The molecule has 0 fully saturated rings. The minimum Gasteiger partial charge on any atom is -0.480 e. The van der Waals surface area contributed by atoms with Gasteiger partial charge in [-0.15, -0.1) is 0 Å². The molecular formula is C70H108N20O19. The molecule has 602 valence electrons. The van der Waals surface area contributed by atoms with E-state index in [2.05, 4.69) is 89.7 Å². The first kappa shape index (κ1) is 91.9. The van der Waals surface area contributed by atoms with Crippen LogP contribution in [0.15, 0.2) is 65.8 Å². The number of carbonyl (C=O) groups is 16. The fourth-order valence-corrected chi connectivity index (χ4v) is 10.6. The van der Waals surface area contributed by atoms with Crippen molar-refractivity contribution in [2.24, 2.45) is 45.9 Å². The number of hydrogen-bond donors (Lipinski definition) is 22. The second-order valence-electron chi connectivity index (χ2n) is 27.5. The smallest absolute Gasteiger partial charge is 0.326 e. The summed E-state index contributed by atoms with van der Waals surface area (Å²) in [6.07, 6.45) is 1.76. The molecule has 39 nitrogen and oxygen atoms in total. The maximum absolute atomic E-state index is 14.2. The standard InChI is InChI=1S/C70H108N20O19/c1-37(2)21-47(84-57(96)31-80-65(104)49(23-39(5)6)89-61(100)44(71)35-91)63(102)77-28-54(93)76-29-55(94)86-50(25-41-15-10-9-11-16-41)66(105)81-32-59(98)87-51(26-42-27-75-45-18-13-12-17-43(42)45)68(107)90-53(36-92)67(106)82-33-58(97)85-48(22-38(3)4)64(103)79-30-56(95)83-46(19-14-20-74-70(72)73)62(101)78-34-60(99)88-52(69(108)109)24-40(7)8/h9-13,15-18,27,37-40,44,46-53,75,91-92H,14,19-26,28-36,71H2,1-8H3,(H,76,93)(H,77,102)(H,78,101)(H,79,103)(H,80,104)(H,81,105)(H,82,106)(H,83,95)(H,84,96)(H,85,97)(H,86,94)(H,87,98)(H,88,99)(H,89,100)(H,90,107)(H,108,109)(H4,72,73,74)/t44-,46-,47-,48-,49-,50-,51-,52-,53-/m0/s1. The van der Waals surface area contributed by atoms with Crippen LogP contribution >= 0.6 is 0 Å². The monoisotopic (exact) mass is 1530 g/mol. The number of para-hydroxylation sites is 1. The molecule has 0 spiro atoms. The molecule has 0 bridgehead atoms. The number of aliphatic imine (C=N–C) groups is 1. The first-order chi connectivity index (χ1) is 51.5. The van der Waals surface area contributed by atoms with Crippen LogP contribution < -0.4 is 97.0 Å². The molecule has 1 aromatic heterocycles. The number of carbonyl (C=O) groups excluding carboxylic acids is 15. The van der Waals surface area contributed by atoms with E-state index in [1.165, 1.54) is 0 Å². The number of rotatable bonds is 49. The summed E-state index contributed by atoms with van der Waals surface area (Å²) in [7, 11) is 0. The molecule has 39 heteroatoms. The lowest BCUT2D eigenvalue weighted by atomic mass is 10.0. The number of benzene rings is 2.